The van der Waals surface area contributed by atoms with Gasteiger partial charge in [-0.15, -0.1) is 0 Å². The van der Waals surface area contributed by atoms with Crippen molar-refractivity contribution in [1.82, 2.24) is 18.1 Å². The number of fused-ring (bicyclic) bond motifs is 15. The minimum atomic E-state index is 0.918. The van der Waals surface area contributed by atoms with E-state index >= 15 is 0 Å². The Balaban J connectivity index is 1.83. The molecule has 0 fully saturated rings. The van der Waals surface area contributed by atoms with E-state index in [-0.39, 0.29) is 0 Å². The molecule has 8 rings (SSSR count). The third kappa shape index (κ3) is 1.90. The molecule has 8 aromatic rings. The molecule has 0 bridgehead atoms. The van der Waals surface area contributed by atoms with Crippen molar-refractivity contribution in [2.75, 3.05) is 0 Å². The molecule has 0 N–H and O–H groups in total. The van der Waals surface area contributed by atoms with E-state index in [0.29, 0.717) is 0 Å². The Kier molecular flexibility index (Phi) is 3.00. The summed E-state index contributed by atoms with van der Waals surface area (Å²) in [5.74, 6) is 0. The zero-order valence-corrected chi connectivity index (χ0v) is 17.6. The Hall–Kier alpha value is -4.09. The van der Waals surface area contributed by atoms with Crippen molar-refractivity contribution < 1.29 is 0 Å². The van der Waals surface area contributed by atoms with Crippen LogP contribution in [0.5, 0.6) is 0 Å². The van der Waals surface area contributed by atoms with Crippen LogP contribution in [0.25, 0.3) is 70.9 Å². The molecule has 0 saturated heterocycles. The molecular weight excluding hydrogens is 412 g/mol. The van der Waals surface area contributed by atoms with Crippen LogP contribution >= 0.6 is 11.7 Å². The first-order valence-electron chi connectivity index (χ1n) is 10.6. The van der Waals surface area contributed by atoms with Gasteiger partial charge < -0.3 is 0 Å². The molecule has 0 radical (unpaired) electrons. The molecule has 0 spiro atoms. The number of imidazole rings is 1. The summed E-state index contributed by atoms with van der Waals surface area (Å²) >= 11 is 1.26. The maximum Gasteiger partial charge on any atom is 0.148 e. The van der Waals surface area contributed by atoms with Crippen LogP contribution < -0.4 is 0 Å². The van der Waals surface area contributed by atoms with E-state index in [1.807, 2.05) is 0 Å². The molecule has 0 aliphatic rings. The number of aromatic nitrogens is 4. The lowest BCUT2D eigenvalue weighted by molar-refractivity contribution is 1.32. The fourth-order valence-electron chi connectivity index (χ4n) is 5.31. The van der Waals surface area contributed by atoms with Crippen molar-refractivity contribution in [3.8, 4) is 0 Å². The summed E-state index contributed by atoms with van der Waals surface area (Å²) in [6.07, 6.45) is 0. The largest absolute Gasteiger partial charge is 0.291 e. The first-order chi connectivity index (χ1) is 15.9. The molecule has 0 aliphatic carbocycles. The van der Waals surface area contributed by atoms with Crippen LogP contribution in [0.15, 0.2) is 84.9 Å². The summed E-state index contributed by atoms with van der Waals surface area (Å²) in [4.78, 5) is 5.30. The van der Waals surface area contributed by atoms with Crippen molar-refractivity contribution in [3.63, 3.8) is 0 Å². The molecule has 5 heteroatoms. The van der Waals surface area contributed by atoms with E-state index in [1.165, 1.54) is 38.7 Å². The second-order valence-corrected chi connectivity index (χ2v) is 8.72. The van der Waals surface area contributed by atoms with Gasteiger partial charge in [0.15, 0.2) is 0 Å². The van der Waals surface area contributed by atoms with Crippen molar-refractivity contribution in [3.05, 3.63) is 84.9 Å². The SMILES string of the molecule is c1ccc2c(c1)c1ccccc1c1c2nc2c3c(ccc4nsnc43)c3ccccc3n21. The van der Waals surface area contributed by atoms with Gasteiger partial charge in [0.1, 0.15) is 16.7 Å². The number of hydrogen-bond donors (Lipinski definition) is 0. The Bertz CT molecular complexity index is 2050. The molecule has 0 aliphatic heterocycles. The third-order valence-corrected chi connectivity index (χ3v) is 7.16. The average Bonchev–Trinajstić information content (AvgIpc) is 3.49. The molecule has 3 heterocycles. The molecule has 32 heavy (non-hydrogen) atoms. The lowest BCUT2D eigenvalue weighted by atomic mass is 10.00. The highest BCUT2D eigenvalue weighted by Gasteiger charge is 2.20. The summed E-state index contributed by atoms with van der Waals surface area (Å²) in [5, 5.41) is 8.29. The van der Waals surface area contributed by atoms with Crippen molar-refractivity contribution in [1.29, 1.82) is 0 Å². The maximum absolute atomic E-state index is 5.30. The molecule has 0 amide bonds. The van der Waals surface area contributed by atoms with E-state index in [2.05, 4.69) is 98.1 Å². The van der Waals surface area contributed by atoms with E-state index in [4.69, 9.17) is 4.98 Å². The molecule has 0 unspecified atom stereocenters. The zero-order valence-electron chi connectivity index (χ0n) is 16.8. The lowest BCUT2D eigenvalue weighted by Gasteiger charge is -2.11. The Labute approximate surface area is 185 Å². The summed E-state index contributed by atoms with van der Waals surface area (Å²) in [6.45, 7) is 0. The van der Waals surface area contributed by atoms with Gasteiger partial charge >= 0.3 is 0 Å². The van der Waals surface area contributed by atoms with Gasteiger partial charge in [-0.1, -0.05) is 72.8 Å². The van der Waals surface area contributed by atoms with Gasteiger partial charge in [0, 0.05) is 16.2 Å². The number of pyridine rings is 1. The predicted octanol–water partition coefficient (Wildman–Crippen LogP) is 7.11. The summed E-state index contributed by atoms with van der Waals surface area (Å²) < 4.78 is 11.5. The number of benzene rings is 5. The number of para-hydroxylation sites is 1. The van der Waals surface area contributed by atoms with Crippen molar-refractivity contribution in [2.45, 2.75) is 0 Å². The molecule has 0 saturated carbocycles. The Morgan fingerprint density at radius 2 is 1.25 bits per heavy atom. The fourth-order valence-corrected chi connectivity index (χ4v) is 5.85. The first-order valence-corrected chi connectivity index (χ1v) is 11.3. The van der Waals surface area contributed by atoms with Gasteiger partial charge in [-0.2, -0.15) is 8.75 Å². The van der Waals surface area contributed by atoms with Crippen molar-refractivity contribution >= 4 is 82.7 Å². The quantitative estimate of drug-likeness (QED) is 0.243. The molecule has 3 aromatic heterocycles. The molecule has 4 nitrogen and oxygen atoms in total. The van der Waals surface area contributed by atoms with Crippen LogP contribution in [-0.2, 0) is 0 Å². The summed E-state index contributed by atoms with van der Waals surface area (Å²) in [6, 6.07) is 30.0. The Morgan fingerprint density at radius 3 is 2.09 bits per heavy atom. The molecule has 5 aromatic carbocycles. The van der Waals surface area contributed by atoms with Crippen molar-refractivity contribution in [2.24, 2.45) is 0 Å². The highest BCUT2D eigenvalue weighted by atomic mass is 32.1. The highest BCUT2D eigenvalue weighted by Crippen LogP contribution is 2.40. The topological polar surface area (TPSA) is 43.1 Å². The van der Waals surface area contributed by atoms with E-state index in [9.17, 15) is 0 Å². The Morgan fingerprint density at radius 1 is 0.562 bits per heavy atom. The van der Waals surface area contributed by atoms with Crippen LogP contribution in [0, 0.1) is 0 Å². The summed E-state index contributed by atoms with van der Waals surface area (Å²) in [7, 11) is 0. The summed E-state index contributed by atoms with van der Waals surface area (Å²) in [5.41, 5.74) is 6.10. The molecule has 148 valence electrons. The number of hydrogen-bond acceptors (Lipinski definition) is 4. The van der Waals surface area contributed by atoms with E-state index < -0.39 is 0 Å². The van der Waals surface area contributed by atoms with Gasteiger partial charge in [-0.3, -0.25) is 4.40 Å². The fraction of sp³-hybridized carbons (Fsp3) is 0. The maximum atomic E-state index is 5.30. The number of nitrogens with zero attached hydrogens (tertiary/aromatic N) is 4. The van der Waals surface area contributed by atoms with E-state index in [1.54, 1.807) is 0 Å². The van der Waals surface area contributed by atoms with Gasteiger partial charge in [0.2, 0.25) is 0 Å². The second-order valence-electron chi connectivity index (χ2n) is 8.20. The van der Waals surface area contributed by atoms with Crippen LogP contribution in [0.1, 0.15) is 0 Å². The van der Waals surface area contributed by atoms with Gasteiger partial charge in [0.25, 0.3) is 0 Å². The van der Waals surface area contributed by atoms with Crippen LogP contribution in [0.3, 0.4) is 0 Å². The molecular formula is C27H14N4S. The van der Waals surface area contributed by atoms with Gasteiger partial charge in [-0.25, -0.2) is 4.98 Å². The third-order valence-electron chi connectivity index (χ3n) is 6.62. The predicted molar refractivity (Wildman–Crippen MR) is 134 cm³/mol. The zero-order chi connectivity index (χ0) is 20.8. The van der Waals surface area contributed by atoms with Crippen LogP contribution in [0.2, 0.25) is 0 Å². The minimum absolute atomic E-state index is 0.918. The molecule has 0 atom stereocenters. The second kappa shape index (κ2) is 5.78. The van der Waals surface area contributed by atoms with E-state index in [0.717, 1.165) is 44.0 Å². The first kappa shape index (κ1) is 16.6. The minimum Gasteiger partial charge on any atom is -0.291 e. The van der Waals surface area contributed by atoms with Gasteiger partial charge in [-0.05, 0) is 28.3 Å². The normalized spacial score (nSPS) is 12.4. The standard InChI is InChI=1S/C27H14N4S/c1-3-10-19-15(7-1)16-8-2-4-11-20(16)26-24(19)28-27-23-18(13-14-21-25(23)30-32-29-21)17-9-5-6-12-22(17)31(26)27/h1-14H. The smallest absolute Gasteiger partial charge is 0.148 e. The lowest BCUT2D eigenvalue weighted by Crippen LogP contribution is -1.93. The monoisotopic (exact) mass is 426 g/mol. The number of rotatable bonds is 0. The highest BCUT2D eigenvalue weighted by molar-refractivity contribution is 7.00. The van der Waals surface area contributed by atoms with Crippen LogP contribution in [0.4, 0.5) is 0 Å². The average molecular weight is 427 g/mol. The van der Waals surface area contributed by atoms with Crippen LogP contribution in [-0.4, -0.2) is 18.1 Å². The van der Waals surface area contributed by atoms with Gasteiger partial charge in [0.05, 0.1) is 33.7 Å².